The van der Waals surface area contributed by atoms with Crippen molar-refractivity contribution in [2.24, 2.45) is 0 Å². The maximum atomic E-state index is 13.0. The lowest BCUT2D eigenvalue weighted by Gasteiger charge is -2.18. The van der Waals surface area contributed by atoms with Crippen LogP contribution in [0.25, 0.3) is 0 Å². The average molecular weight is 1140 g/mol. The van der Waals surface area contributed by atoms with Gasteiger partial charge in [-0.25, -0.2) is 0 Å². The third-order valence-corrected chi connectivity index (χ3v) is 16.3. The number of rotatable bonds is 67. The van der Waals surface area contributed by atoms with E-state index in [1.165, 1.54) is 283 Å². The summed E-state index contributed by atoms with van der Waals surface area (Å²) >= 11 is 0. The summed E-state index contributed by atoms with van der Waals surface area (Å²) in [5, 5.41) is 0. The van der Waals surface area contributed by atoms with Crippen molar-refractivity contribution in [2.75, 3.05) is 13.2 Å². The Bertz CT molecular complexity index is 1400. The van der Waals surface area contributed by atoms with Crippen LogP contribution in [0.2, 0.25) is 0 Å². The second-order valence-electron chi connectivity index (χ2n) is 24.5. The number of hydrogen-bond acceptors (Lipinski definition) is 6. The van der Waals surface area contributed by atoms with Gasteiger partial charge in [0.2, 0.25) is 0 Å². The zero-order valence-electron chi connectivity index (χ0n) is 54.6. The van der Waals surface area contributed by atoms with E-state index in [0.717, 1.165) is 70.6 Å². The molecule has 0 heterocycles. The van der Waals surface area contributed by atoms with Gasteiger partial charge >= 0.3 is 17.9 Å². The highest BCUT2D eigenvalue weighted by atomic mass is 16.6. The maximum absolute atomic E-state index is 13.0. The monoisotopic (exact) mass is 1140 g/mol. The second-order valence-corrected chi connectivity index (χ2v) is 24.5. The molecular formula is C75H138O6. The first-order valence-corrected chi connectivity index (χ1v) is 36.1. The zero-order valence-corrected chi connectivity index (χ0v) is 54.6. The summed E-state index contributed by atoms with van der Waals surface area (Å²) in [6, 6.07) is 0. The molecule has 6 nitrogen and oxygen atoms in total. The summed E-state index contributed by atoms with van der Waals surface area (Å²) in [5.41, 5.74) is 0. The Kier molecular flexibility index (Phi) is 67.6. The highest BCUT2D eigenvalue weighted by Crippen LogP contribution is 2.18. The molecule has 0 fully saturated rings. The summed E-state index contributed by atoms with van der Waals surface area (Å²) in [5.74, 6) is -0.844. The number of allylic oxidation sites excluding steroid dienone is 8. The van der Waals surface area contributed by atoms with E-state index in [1.807, 2.05) is 0 Å². The van der Waals surface area contributed by atoms with Gasteiger partial charge in [0, 0.05) is 19.3 Å². The first-order chi connectivity index (χ1) is 40.0. The van der Waals surface area contributed by atoms with Crippen LogP contribution in [0.4, 0.5) is 0 Å². The van der Waals surface area contributed by atoms with Crippen LogP contribution >= 0.6 is 0 Å². The SMILES string of the molecule is CCCCCCC/C=C\C/C=C\C/C=C\CCCCCCCCCCCCCCCCC(=O)OCC(COC(=O)CCCCCCCCCCCCCCC)OC(=O)CCCCCCCCCCC/C=C\CCCCCCCCCC. The lowest BCUT2D eigenvalue weighted by molar-refractivity contribution is -0.167. The van der Waals surface area contributed by atoms with Crippen molar-refractivity contribution in [3.8, 4) is 0 Å². The van der Waals surface area contributed by atoms with Gasteiger partial charge in [-0.15, -0.1) is 0 Å². The Labute approximate surface area is 505 Å². The van der Waals surface area contributed by atoms with Gasteiger partial charge in [-0.3, -0.25) is 14.4 Å². The Morgan fingerprint density at radius 3 is 0.704 bits per heavy atom. The largest absolute Gasteiger partial charge is 0.462 e. The van der Waals surface area contributed by atoms with Gasteiger partial charge in [0.05, 0.1) is 0 Å². The van der Waals surface area contributed by atoms with Crippen molar-refractivity contribution in [1.29, 1.82) is 0 Å². The third kappa shape index (κ3) is 68.0. The molecule has 0 saturated heterocycles. The van der Waals surface area contributed by atoms with Gasteiger partial charge in [0.1, 0.15) is 13.2 Å². The van der Waals surface area contributed by atoms with Crippen molar-refractivity contribution in [3.63, 3.8) is 0 Å². The number of unbranched alkanes of at least 4 members (excludes halogenated alkanes) is 48. The molecule has 0 aliphatic carbocycles. The van der Waals surface area contributed by atoms with E-state index in [-0.39, 0.29) is 31.1 Å². The fourth-order valence-corrected chi connectivity index (χ4v) is 10.9. The van der Waals surface area contributed by atoms with Gasteiger partial charge in [-0.2, -0.15) is 0 Å². The molecule has 0 aromatic rings. The summed E-state index contributed by atoms with van der Waals surface area (Å²) in [4.78, 5) is 38.4. The predicted octanol–water partition coefficient (Wildman–Crippen LogP) is 24.9. The summed E-state index contributed by atoms with van der Waals surface area (Å²) in [7, 11) is 0. The molecule has 0 bridgehead atoms. The van der Waals surface area contributed by atoms with Crippen LogP contribution < -0.4 is 0 Å². The second kappa shape index (κ2) is 69.9. The molecule has 474 valence electrons. The molecule has 0 saturated carbocycles. The molecule has 0 aliphatic rings. The van der Waals surface area contributed by atoms with E-state index in [1.54, 1.807) is 0 Å². The number of carbonyl (C=O) groups excluding carboxylic acids is 3. The molecule has 0 aromatic heterocycles. The quantitative estimate of drug-likeness (QED) is 0.0261. The topological polar surface area (TPSA) is 78.9 Å². The van der Waals surface area contributed by atoms with Crippen LogP contribution in [-0.2, 0) is 28.6 Å². The third-order valence-electron chi connectivity index (χ3n) is 16.3. The van der Waals surface area contributed by atoms with Crippen LogP contribution in [0.1, 0.15) is 393 Å². The Morgan fingerprint density at radius 1 is 0.247 bits per heavy atom. The van der Waals surface area contributed by atoms with Gasteiger partial charge < -0.3 is 14.2 Å². The molecule has 81 heavy (non-hydrogen) atoms. The lowest BCUT2D eigenvalue weighted by Crippen LogP contribution is -2.30. The van der Waals surface area contributed by atoms with E-state index in [9.17, 15) is 14.4 Å². The molecular weight excluding hydrogens is 997 g/mol. The van der Waals surface area contributed by atoms with Crippen molar-refractivity contribution < 1.29 is 28.6 Å². The highest BCUT2D eigenvalue weighted by Gasteiger charge is 2.19. The predicted molar refractivity (Wildman–Crippen MR) is 353 cm³/mol. The van der Waals surface area contributed by atoms with Gasteiger partial charge in [0.25, 0.3) is 0 Å². The molecule has 1 atom stereocenters. The molecule has 0 rings (SSSR count). The molecule has 0 amide bonds. The first-order valence-electron chi connectivity index (χ1n) is 36.1. The van der Waals surface area contributed by atoms with Crippen LogP contribution in [0, 0.1) is 0 Å². The molecule has 6 heteroatoms. The van der Waals surface area contributed by atoms with E-state index >= 15 is 0 Å². The maximum Gasteiger partial charge on any atom is 0.306 e. The fourth-order valence-electron chi connectivity index (χ4n) is 10.9. The minimum Gasteiger partial charge on any atom is -0.462 e. The number of carbonyl (C=O) groups is 3. The van der Waals surface area contributed by atoms with Crippen molar-refractivity contribution >= 4 is 17.9 Å². The standard InChI is InChI=1S/C75H138O6/c1-4-7-10-13-16-19-22-25-27-29-31-33-34-35-36-37-38-39-40-42-43-45-47-50-53-56-59-62-65-68-74(77)80-71-72(70-79-73(76)67-64-61-58-55-52-49-24-21-18-15-12-9-6-3)81-75(78)69-66-63-60-57-54-51-48-46-44-41-32-30-28-26-23-20-17-14-11-8-5-2/h22,25,29-32,34-35,72H,4-21,23-24,26-28,33,36-71H2,1-3H3/b25-22-,31-29-,32-30-,35-34-. The van der Waals surface area contributed by atoms with Crippen molar-refractivity contribution in [2.45, 2.75) is 399 Å². The van der Waals surface area contributed by atoms with E-state index in [2.05, 4.69) is 69.4 Å². The van der Waals surface area contributed by atoms with Crippen LogP contribution in [0.5, 0.6) is 0 Å². The molecule has 0 aromatic carbocycles. The van der Waals surface area contributed by atoms with Crippen LogP contribution in [-0.4, -0.2) is 37.2 Å². The van der Waals surface area contributed by atoms with Gasteiger partial charge in [0.15, 0.2) is 6.10 Å². The fraction of sp³-hybridized carbons (Fsp3) is 0.853. The Morgan fingerprint density at radius 2 is 0.444 bits per heavy atom. The average Bonchev–Trinajstić information content (AvgIpc) is 3.46. The number of hydrogen-bond donors (Lipinski definition) is 0. The Hall–Kier alpha value is -2.63. The van der Waals surface area contributed by atoms with E-state index < -0.39 is 6.10 Å². The van der Waals surface area contributed by atoms with Crippen LogP contribution in [0.3, 0.4) is 0 Å². The summed E-state index contributed by atoms with van der Waals surface area (Å²) in [6.45, 7) is 6.69. The highest BCUT2D eigenvalue weighted by molar-refractivity contribution is 5.71. The normalized spacial score (nSPS) is 12.3. The molecule has 0 spiro atoms. The number of esters is 3. The van der Waals surface area contributed by atoms with E-state index in [0.29, 0.717) is 19.3 Å². The minimum absolute atomic E-state index is 0.0687. The van der Waals surface area contributed by atoms with E-state index in [4.69, 9.17) is 14.2 Å². The Balaban J connectivity index is 4.22. The number of ether oxygens (including phenoxy) is 3. The summed E-state index contributed by atoms with van der Waals surface area (Å²) < 4.78 is 17.0. The van der Waals surface area contributed by atoms with Crippen LogP contribution in [0.15, 0.2) is 48.6 Å². The first kappa shape index (κ1) is 78.4. The smallest absolute Gasteiger partial charge is 0.306 e. The molecule has 0 radical (unpaired) electrons. The molecule has 0 N–H and O–H groups in total. The lowest BCUT2D eigenvalue weighted by atomic mass is 10.0. The van der Waals surface area contributed by atoms with Gasteiger partial charge in [-0.05, 0) is 83.5 Å². The molecule has 1 unspecified atom stereocenters. The van der Waals surface area contributed by atoms with Crippen molar-refractivity contribution in [3.05, 3.63) is 48.6 Å². The summed E-state index contributed by atoms with van der Waals surface area (Å²) in [6.07, 6.45) is 88.6. The van der Waals surface area contributed by atoms with Gasteiger partial charge in [-0.1, -0.05) is 339 Å². The molecule has 0 aliphatic heterocycles. The van der Waals surface area contributed by atoms with Crippen molar-refractivity contribution in [1.82, 2.24) is 0 Å². The zero-order chi connectivity index (χ0) is 58.5. The minimum atomic E-state index is -0.773.